The Morgan fingerprint density at radius 2 is 1.02 bits per heavy atom. The lowest BCUT2D eigenvalue weighted by molar-refractivity contribution is 0.354. The number of hydrogen-bond donors (Lipinski definition) is 0. The Balaban J connectivity index is 0.000000171. The summed E-state index contributed by atoms with van der Waals surface area (Å²) >= 11 is 7.25. The van der Waals surface area contributed by atoms with Crippen LogP contribution in [-0.2, 0) is 0 Å². The number of para-hydroxylation sites is 2. The van der Waals surface area contributed by atoms with Gasteiger partial charge in [0.1, 0.15) is 5.75 Å². The topological polar surface area (TPSA) is 52.4 Å². The number of fused-ring (bicyclic) bond motifs is 2. The molecule has 0 saturated heterocycles. The Hall–Kier alpha value is -4.28. The molecule has 0 spiro atoms. The van der Waals surface area contributed by atoms with Gasteiger partial charge in [0.15, 0.2) is 11.5 Å². The minimum absolute atomic E-state index is 0.263. The molecule has 0 bridgehead atoms. The molecule has 266 valence electrons. The first-order chi connectivity index (χ1) is 25.6. The van der Waals surface area contributed by atoms with E-state index in [0.717, 1.165) is 47.2 Å². The van der Waals surface area contributed by atoms with Gasteiger partial charge in [-0.2, -0.15) is 0 Å². The maximum atomic E-state index is 5.51. The summed E-state index contributed by atoms with van der Waals surface area (Å²) in [5.41, 5.74) is 6.95. The lowest BCUT2D eigenvalue weighted by atomic mass is 10.0. The molecule has 2 atom stereocenters. The summed E-state index contributed by atoms with van der Waals surface area (Å²) in [7, 11) is 5.04. The molecule has 4 heterocycles. The molecule has 0 radical (unpaired) electrons. The highest BCUT2D eigenvalue weighted by Crippen LogP contribution is 2.48. The number of aliphatic imine (C=N–C) groups is 2. The molecule has 52 heavy (non-hydrogen) atoms. The van der Waals surface area contributed by atoms with Gasteiger partial charge in [0, 0.05) is 42.9 Å². The fraction of sp³-hybridized carbons (Fsp3) is 0.209. The van der Waals surface area contributed by atoms with Gasteiger partial charge in [0.05, 0.1) is 44.1 Å². The SMILES string of the molecule is CC.COc1ccc(C2CC(c3cccs3)=Nc3ccccc3S2)cc1.COc1ccc(C2CC(c3cccs3)=Nc3ccccc3S2)cc1OC. The van der Waals surface area contributed by atoms with Crippen molar-refractivity contribution < 1.29 is 14.2 Å². The molecule has 2 aromatic heterocycles. The summed E-state index contributed by atoms with van der Waals surface area (Å²) < 4.78 is 16.2. The average molecular weight is 763 g/mol. The average Bonchev–Trinajstić information content (AvgIpc) is 3.88. The fourth-order valence-corrected chi connectivity index (χ4v) is 9.77. The lowest BCUT2D eigenvalue weighted by Crippen LogP contribution is -2.04. The van der Waals surface area contributed by atoms with Crippen molar-refractivity contribution in [1.29, 1.82) is 0 Å². The first kappa shape index (κ1) is 37.5. The lowest BCUT2D eigenvalue weighted by Gasteiger charge is -2.17. The molecule has 8 rings (SSSR count). The minimum Gasteiger partial charge on any atom is -0.497 e. The molecule has 2 aliphatic rings. The molecule has 0 fully saturated rings. The second-order valence-electron chi connectivity index (χ2n) is 11.5. The number of thiophene rings is 2. The second kappa shape index (κ2) is 18.5. The van der Waals surface area contributed by atoms with E-state index in [4.69, 9.17) is 24.2 Å². The Bertz CT molecular complexity index is 2090. The molecule has 2 aliphatic heterocycles. The number of ether oxygens (including phenoxy) is 3. The number of methoxy groups -OCH3 is 3. The van der Waals surface area contributed by atoms with Gasteiger partial charge in [0.25, 0.3) is 0 Å². The van der Waals surface area contributed by atoms with E-state index in [-0.39, 0.29) is 5.25 Å². The van der Waals surface area contributed by atoms with E-state index in [1.165, 1.54) is 36.4 Å². The predicted molar refractivity (Wildman–Crippen MR) is 224 cm³/mol. The largest absolute Gasteiger partial charge is 0.497 e. The van der Waals surface area contributed by atoms with Gasteiger partial charge < -0.3 is 14.2 Å². The third-order valence-electron chi connectivity index (χ3n) is 8.42. The maximum absolute atomic E-state index is 5.51. The van der Waals surface area contributed by atoms with Crippen LogP contribution in [0.15, 0.2) is 146 Å². The van der Waals surface area contributed by atoms with Crippen LogP contribution < -0.4 is 14.2 Å². The standard InChI is InChI=1S/C21H19NO2S2.C20H17NOS2.C2H6/c1-23-17-10-9-14(12-18(17)24-2)21-13-16(19-8-5-11-25-19)22-15-6-3-4-7-20(15)26-21;1-22-15-10-8-14(9-11-15)20-13-17(18-7-4-12-23-18)21-16-5-2-3-6-19(16)24-20;1-2/h3-12,21H,13H2,1-2H3;2-12,20H,13H2,1H3;1-2H3. The van der Waals surface area contributed by atoms with Crippen LogP contribution in [0.2, 0.25) is 0 Å². The van der Waals surface area contributed by atoms with Gasteiger partial charge in [-0.25, -0.2) is 0 Å². The Kier molecular flexibility index (Phi) is 13.3. The van der Waals surface area contributed by atoms with Crippen molar-refractivity contribution in [3.05, 3.63) is 147 Å². The van der Waals surface area contributed by atoms with Crippen LogP contribution in [0.1, 0.15) is 58.1 Å². The van der Waals surface area contributed by atoms with Crippen molar-refractivity contribution in [2.45, 2.75) is 47.0 Å². The molecule has 9 heteroatoms. The van der Waals surface area contributed by atoms with Gasteiger partial charge in [-0.15, -0.1) is 46.2 Å². The molecule has 4 aromatic carbocycles. The van der Waals surface area contributed by atoms with Crippen LogP contribution in [0, 0.1) is 0 Å². The first-order valence-electron chi connectivity index (χ1n) is 17.2. The van der Waals surface area contributed by atoms with Crippen LogP contribution in [-0.4, -0.2) is 32.8 Å². The summed E-state index contributed by atoms with van der Waals surface area (Å²) in [6, 6.07) is 39.8. The molecule has 0 N–H and O–H groups in total. The summed E-state index contributed by atoms with van der Waals surface area (Å²) in [4.78, 5) is 14.9. The van der Waals surface area contributed by atoms with Gasteiger partial charge in [-0.3, -0.25) is 9.98 Å². The van der Waals surface area contributed by atoms with Gasteiger partial charge in [-0.05, 0) is 82.6 Å². The number of thioether (sulfide) groups is 2. The van der Waals surface area contributed by atoms with Crippen molar-refractivity contribution in [3.8, 4) is 17.2 Å². The molecule has 0 aliphatic carbocycles. The summed E-state index contributed by atoms with van der Waals surface area (Å²) in [5, 5.41) is 4.83. The van der Waals surface area contributed by atoms with E-state index >= 15 is 0 Å². The van der Waals surface area contributed by atoms with Crippen molar-refractivity contribution in [2.24, 2.45) is 9.98 Å². The van der Waals surface area contributed by atoms with Crippen molar-refractivity contribution in [2.75, 3.05) is 21.3 Å². The zero-order valence-corrected chi connectivity index (χ0v) is 33.2. The van der Waals surface area contributed by atoms with Crippen LogP contribution in [0.3, 0.4) is 0 Å². The molecule has 2 unspecified atom stereocenters. The second-order valence-corrected chi connectivity index (χ2v) is 15.9. The predicted octanol–water partition coefficient (Wildman–Crippen LogP) is 13.3. The number of hydrogen-bond acceptors (Lipinski definition) is 9. The van der Waals surface area contributed by atoms with E-state index in [1.54, 1.807) is 44.0 Å². The van der Waals surface area contributed by atoms with Gasteiger partial charge in [0.2, 0.25) is 0 Å². The summed E-state index contributed by atoms with van der Waals surface area (Å²) in [6.45, 7) is 4.00. The van der Waals surface area contributed by atoms with E-state index in [0.29, 0.717) is 5.25 Å². The zero-order valence-electron chi connectivity index (χ0n) is 29.9. The summed E-state index contributed by atoms with van der Waals surface area (Å²) in [5.74, 6) is 2.41. The van der Waals surface area contributed by atoms with E-state index < -0.39 is 0 Å². The Labute approximate surface area is 323 Å². The highest BCUT2D eigenvalue weighted by Gasteiger charge is 2.25. The fourth-order valence-electron chi connectivity index (χ4n) is 5.86. The third kappa shape index (κ3) is 9.01. The monoisotopic (exact) mass is 762 g/mol. The van der Waals surface area contributed by atoms with Gasteiger partial charge in [-0.1, -0.05) is 68.4 Å². The number of benzene rings is 4. The quantitative estimate of drug-likeness (QED) is 0.162. The van der Waals surface area contributed by atoms with Crippen LogP contribution >= 0.6 is 46.2 Å². The number of rotatable bonds is 7. The molecule has 0 saturated carbocycles. The molecule has 6 aromatic rings. The third-order valence-corrected chi connectivity index (χ3v) is 12.9. The van der Waals surface area contributed by atoms with Crippen molar-refractivity contribution >= 4 is 69.0 Å². The minimum atomic E-state index is 0.263. The number of nitrogens with zero attached hydrogens (tertiary/aromatic N) is 2. The van der Waals surface area contributed by atoms with Crippen LogP contribution in [0.5, 0.6) is 17.2 Å². The molecule has 5 nitrogen and oxygen atoms in total. The van der Waals surface area contributed by atoms with E-state index in [9.17, 15) is 0 Å². The van der Waals surface area contributed by atoms with Gasteiger partial charge >= 0.3 is 0 Å². The zero-order chi connectivity index (χ0) is 36.3. The highest BCUT2D eigenvalue weighted by atomic mass is 32.2. The first-order valence-corrected chi connectivity index (χ1v) is 20.7. The molecular formula is C43H42N2O3S4. The molecular weight excluding hydrogens is 721 g/mol. The normalized spacial score (nSPS) is 16.1. The highest BCUT2D eigenvalue weighted by molar-refractivity contribution is 8.00. The van der Waals surface area contributed by atoms with E-state index in [1.807, 2.05) is 61.6 Å². The maximum Gasteiger partial charge on any atom is 0.161 e. The Morgan fingerprint density at radius 3 is 1.50 bits per heavy atom. The summed E-state index contributed by atoms with van der Waals surface area (Å²) in [6.07, 6.45) is 1.79. The van der Waals surface area contributed by atoms with Crippen molar-refractivity contribution in [3.63, 3.8) is 0 Å². The Morgan fingerprint density at radius 1 is 0.519 bits per heavy atom. The molecule has 0 amide bonds. The van der Waals surface area contributed by atoms with Crippen LogP contribution in [0.4, 0.5) is 11.4 Å². The van der Waals surface area contributed by atoms with E-state index in [2.05, 4.69) is 102 Å². The smallest absolute Gasteiger partial charge is 0.161 e. The van der Waals surface area contributed by atoms with Crippen molar-refractivity contribution in [1.82, 2.24) is 0 Å². The van der Waals surface area contributed by atoms with Crippen LogP contribution in [0.25, 0.3) is 0 Å².